The number of carboxylic acids is 1. The van der Waals surface area contributed by atoms with E-state index in [1.54, 1.807) is 6.20 Å². The number of aliphatic carboxylic acids is 1. The molecule has 0 spiro atoms. The van der Waals surface area contributed by atoms with Crippen molar-refractivity contribution < 1.29 is 29.4 Å². The third-order valence-electron chi connectivity index (χ3n) is 4.47. The predicted molar refractivity (Wildman–Crippen MR) is 111 cm³/mol. The first-order valence-corrected chi connectivity index (χ1v) is 9.97. The zero-order valence-corrected chi connectivity index (χ0v) is 18.1. The van der Waals surface area contributed by atoms with Gasteiger partial charge in [0, 0.05) is 18.3 Å². The van der Waals surface area contributed by atoms with Gasteiger partial charge >= 0.3 is 5.97 Å². The molecule has 0 aromatic carbocycles. The minimum Gasteiger partial charge on any atom is -0.480 e. The van der Waals surface area contributed by atoms with Gasteiger partial charge in [0.1, 0.15) is 12.1 Å². The van der Waals surface area contributed by atoms with Crippen LogP contribution in [0.3, 0.4) is 0 Å². The maximum Gasteiger partial charge on any atom is 0.328 e. The normalized spacial score (nSPS) is 16.0. The molecule has 3 amide bonds. The van der Waals surface area contributed by atoms with E-state index in [-0.39, 0.29) is 12.3 Å². The first-order chi connectivity index (χ1) is 14.4. The number of aliphatic hydroxyl groups is 1. The zero-order chi connectivity index (χ0) is 23.7. The molecule has 1 aromatic rings. The van der Waals surface area contributed by atoms with E-state index in [0.29, 0.717) is 12.1 Å². The Balaban J connectivity index is 2.74. The van der Waals surface area contributed by atoms with Crippen LogP contribution in [0.25, 0.3) is 0 Å². The van der Waals surface area contributed by atoms with Crippen molar-refractivity contribution in [3.8, 4) is 0 Å². The molecular formula is C19H32N6O6. The summed E-state index contributed by atoms with van der Waals surface area (Å²) in [5.74, 6) is -3.28. The highest BCUT2D eigenvalue weighted by atomic mass is 16.4. The van der Waals surface area contributed by atoms with Gasteiger partial charge in [0.15, 0.2) is 6.04 Å². The Bertz CT molecular complexity index is 751. The van der Waals surface area contributed by atoms with E-state index >= 15 is 0 Å². The van der Waals surface area contributed by atoms with Crippen LogP contribution in [0.2, 0.25) is 0 Å². The zero-order valence-electron chi connectivity index (χ0n) is 18.1. The van der Waals surface area contributed by atoms with Crippen LogP contribution in [0, 0.1) is 5.92 Å². The van der Waals surface area contributed by atoms with Crippen molar-refractivity contribution in [1.82, 2.24) is 25.9 Å². The second kappa shape index (κ2) is 12.0. The number of carboxylic acid groups (broad SMARTS) is 1. The summed E-state index contributed by atoms with van der Waals surface area (Å²) in [7, 11) is 0. The molecule has 1 rings (SSSR count). The highest BCUT2D eigenvalue weighted by Gasteiger charge is 2.30. The lowest BCUT2D eigenvalue weighted by Gasteiger charge is -2.25. The summed E-state index contributed by atoms with van der Waals surface area (Å²) in [6.07, 6.45) is 2.19. The first-order valence-electron chi connectivity index (χ1n) is 9.97. The lowest BCUT2D eigenvalue weighted by atomic mass is 10.0. The van der Waals surface area contributed by atoms with E-state index in [1.807, 2.05) is 13.8 Å². The Labute approximate surface area is 180 Å². The third-order valence-corrected chi connectivity index (χ3v) is 4.47. The van der Waals surface area contributed by atoms with E-state index in [9.17, 15) is 24.3 Å². The minimum atomic E-state index is -1.52. The molecule has 31 heavy (non-hydrogen) atoms. The Hall–Kier alpha value is -2.99. The molecule has 0 radical (unpaired) electrons. The first kappa shape index (κ1) is 26.0. The average molecular weight is 441 g/mol. The van der Waals surface area contributed by atoms with E-state index in [2.05, 4.69) is 25.9 Å². The molecule has 0 aliphatic rings. The molecule has 0 aliphatic heterocycles. The van der Waals surface area contributed by atoms with Gasteiger partial charge in [0.2, 0.25) is 17.7 Å². The summed E-state index contributed by atoms with van der Waals surface area (Å²) in [6, 6.07) is -4.47. The number of imidazole rings is 1. The van der Waals surface area contributed by atoms with Crippen LogP contribution in [0.1, 0.15) is 39.8 Å². The largest absolute Gasteiger partial charge is 0.480 e. The number of nitrogens with two attached hydrogens (primary N) is 1. The van der Waals surface area contributed by atoms with Crippen molar-refractivity contribution in [3.63, 3.8) is 0 Å². The van der Waals surface area contributed by atoms with Gasteiger partial charge in [0.05, 0.1) is 18.5 Å². The number of carbonyl (C=O) groups is 4. The van der Waals surface area contributed by atoms with Crippen molar-refractivity contribution in [3.05, 3.63) is 18.2 Å². The number of amides is 3. The fraction of sp³-hybridized carbons (Fsp3) is 0.632. The maximum absolute atomic E-state index is 12.7. The smallest absolute Gasteiger partial charge is 0.328 e. The second-order valence-corrected chi connectivity index (χ2v) is 7.87. The van der Waals surface area contributed by atoms with E-state index in [0.717, 1.165) is 0 Å². The van der Waals surface area contributed by atoms with Crippen molar-refractivity contribution in [1.29, 1.82) is 0 Å². The summed E-state index contributed by atoms with van der Waals surface area (Å²) < 4.78 is 0. The standard InChI is InChI=1S/C19H32N6O6/c1-9(2)5-14(24-17(28)13(20)6-12-7-21-8-22-12)18(29)23-10(3)16(27)25-15(11(4)26)19(30)31/h7-11,13-15,26H,5-6,20H2,1-4H3,(H,21,22)(H,23,29)(H,24,28)(H,25,27)(H,30,31). The van der Waals surface area contributed by atoms with E-state index < -0.39 is 54.0 Å². The van der Waals surface area contributed by atoms with Crippen LogP contribution in [0.4, 0.5) is 0 Å². The van der Waals surface area contributed by atoms with Crippen molar-refractivity contribution >= 4 is 23.7 Å². The molecule has 0 saturated heterocycles. The van der Waals surface area contributed by atoms with Crippen LogP contribution >= 0.6 is 0 Å². The van der Waals surface area contributed by atoms with Crippen LogP contribution in [-0.4, -0.2) is 74.1 Å². The summed E-state index contributed by atoms with van der Waals surface area (Å²) in [6.45, 7) is 6.33. The lowest BCUT2D eigenvalue weighted by molar-refractivity contribution is -0.145. The Morgan fingerprint density at radius 3 is 2.19 bits per heavy atom. The molecule has 8 N–H and O–H groups in total. The topological polar surface area (TPSA) is 200 Å². The average Bonchev–Trinajstić information content (AvgIpc) is 3.17. The van der Waals surface area contributed by atoms with Crippen LogP contribution in [0.15, 0.2) is 12.5 Å². The Kier molecular flexibility index (Phi) is 10.1. The molecule has 0 fully saturated rings. The lowest BCUT2D eigenvalue weighted by Crippen LogP contribution is -2.57. The minimum absolute atomic E-state index is 0.0515. The fourth-order valence-corrected chi connectivity index (χ4v) is 2.75. The molecule has 12 nitrogen and oxygen atoms in total. The number of nitrogens with one attached hydrogen (secondary N) is 4. The van der Waals surface area contributed by atoms with Crippen molar-refractivity contribution in [2.75, 3.05) is 0 Å². The van der Waals surface area contributed by atoms with E-state index in [4.69, 9.17) is 10.8 Å². The fourth-order valence-electron chi connectivity index (χ4n) is 2.75. The highest BCUT2D eigenvalue weighted by molar-refractivity contribution is 5.94. The predicted octanol–water partition coefficient (Wildman–Crippen LogP) is -1.73. The van der Waals surface area contributed by atoms with Crippen molar-refractivity contribution in [2.24, 2.45) is 11.7 Å². The number of hydrogen-bond acceptors (Lipinski definition) is 7. The number of carbonyl (C=O) groups excluding carboxylic acids is 3. The number of rotatable bonds is 12. The molecule has 0 saturated carbocycles. The summed E-state index contributed by atoms with van der Waals surface area (Å²) in [5, 5.41) is 25.8. The summed E-state index contributed by atoms with van der Waals surface area (Å²) in [5.41, 5.74) is 6.58. The highest BCUT2D eigenvalue weighted by Crippen LogP contribution is 2.07. The number of hydrogen-bond donors (Lipinski definition) is 7. The SMILES string of the molecule is CC(C)CC(NC(=O)C(N)Cc1cnc[nH]1)C(=O)NC(C)C(=O)NC(C(=O)O)C(C)O. The molecule has 1 aromatic heterocycles. The third kappa shape index (κ3) is 8.72. The molecular weight excluding hydrogens is 408 g/mol. The van der Waals surface area contributed by atoms with Crippen LogP contribution in [-0.2, 0) is 25.6 Å². The van der Waals surface area contributed by atoms with Crippen LogP contribution in [0.5, 0.6) is 0 Å². The Morgan fingerprint density at radius 1 is 1.06 bits per heavy atom. The number of aromatic nitrogens is 2. The van der Waals surface area contributed by atoms with Gasteiger partial charge in [-0.25, -0.2) is 9.78 Å². The maximum atomic E-state index is 12.7. The van der Waals surface area contributed by atoms with Crippen molar-refractivity contribution in [2.45, 2.75) is 70.8 Å². The molecule has 1 heterocycles. The molecule has 5 unspecified atom stereocenters. The molecule has 12 heteroatoms. The number of aromatic amines is 1. The number of nitrogens with zero attached hydrogens (tertiary/aromatic N) is 1. The molecule has 5 atom stereocenters. The summed E-state index contributed by atoms with van der Waals surface area (Å²) in [4.78, 5) is 55.2. The van der Waals surface area contributed by atoms with Crippen LogP contribution < -0.4 is 21.7 Å². The molecule has 0 bridgehead atoms. The van der Waals surface area contributed by atoms with Gasteiger partial charge in [-0.05, 0) is 26.2 Å². The Morgan fingerprint density at radius 2 is 1.71 bits per heavy atom. The van der Waals surface area contributed by atoms with E-state index in [1.165, 1.54) is 20.2 Å². The summed E-state index contributed by atoms with van der Waals surface area (Å²) >= 11 is 0. The monoisotopic (exact) mass is 440 g/mol. The van der Waals surface area contributed by atoms with Gasteiger partial charge in [-0.1, -0.05) is 13.8 Å². The van der Waals surface area contributed by atoms with Gasteiger partial charge in [0.25, 0.3) is 0 Å². The van der Waals surface area contributed by atoms with Gasteiger partial charge in [-0.3, -0.25) is 14.4 Å². The number of aliphatic hydroxyl groups excluding tert-OH is 1. The van der Waals surface area contributed by atoms with Gasteiger partial charge in [-0.15, -0.1) is 0 Å². The molecule has 0 aliphatic carbocycles. The second-order valence-electron chi connectivity index (χ2n) is 7.87. The van der Waals surface area contributed by atoms with Gasteiger partial charge in [-0.2, -0.15) is 0 Å². The number of H-pyrrole nitrogens is 1. The molecule has 174 valence electrons. The quantitative estimate of drug-likeness (QED) is 0.199. The van der Waals surface area contributed by atoms with Gasteiger partial charge < -0.3 is 36.9 Å².